The SMILES string of the molecule is O=C(O)c1ccc2nc(-c3ccc(N4CCC4)nc3)oc2c1.O=C(O)c1ccc2nc(-c3ccc(N4CCCCC4)nc3)oc2c1.O=C(O)c1ccc2oc(-c3ccc(N4CCC4)nc3)nc2c1. The van der Waals surface area contributed by atoms with Gasteiger partial charge < -0.3 is 43.3 Å². The van der Waals surface area contributed by atoms with Crippen LogP contribution in [0.2, 0.25) is 0 Å². The van der Waals surface area contributed by atoms with Gasteiger partial charge in [-0.25, -0.2) is 44.3 Å². The Balaban J connectivity index is 0.000000119. The van der Waals surface area contributed by atoms with Crippen molar-refractivity contribution < 1.29 is 43.0 Å². The fraction of sp³-hybridized carbons (Fsp3) is 0.220. The maximum absolute atomic E-state index is 11.0. The van der Waals surface area contributed by atoms with Gasteiger partial charge in [0.05, 0.1) is 33.4 Å². The first-order valence-electron chi connectivity index (χ1n) is 22.2. The van der Waals surface area contributed by atoms with Crippen molar-refractivity contribution in [1.29, 1.82) is 0 Å². The van der Waals surface area contributed by atoms with Crippen LogP contribution in [0.4, 0.5) is 17.5 Å². The van der Waals surface area contributed by atoms with E-state index in [9.17, 15) is 14.4 Å². The summed E-state index contributed by atoms with van der Waals surface area (Å²) in [5.41, 5.74) is 6.17. The predicted octanol–water partition coefficient (Wildman–Crippen LogP) is 9.17. The third-order valence-corrected chi connectivity index (χ3v) is 11.9. The lowest BCUT2D eigenvalue weighted by atomic mass is 10.1. The van der Waals surface area contributed by atoms with E-state index in [0.29, 0.717) is 51.0 Å². The summed E-state index contributed by atoms with van der Waals surface area (Å²) in [7, 11) is 0. The molecule has 0 saturated carbocycles. The number of piperidine rings is 1. The monoisotopic (exact) mass is 913 g/mol. The van der Waals surface area contributed by atoms with Crippen LogP contribution >= 0.6 is 0 Å². The average molecular weight is 914 g/mol. The number of benzene rings is 3. The van der Waals surface area contributed by atoms with Crippen LogP contribution in [0.25, 0.3) is 67.7 Å². The zero-order chi connectivity index (χ0) is 46.7. The van der Waals surface area contributed by atoms with Crippen molar-refractivity contribution in [3.63, 3.8) is 0 Å². The zero-order valence-corrected chi connectivity index (χ0v) is 36.5. The fourth-order valence-electron chi connectivity index (χ4n) is 7.86. The number of pyridine rings is 3. The average Bonchev–Trinajstić information content (AvgIpc) is 4.08. The second-order valence-electron chi connectivity index (χ2n) is 16.5. The number of hydrogen-bond acceptors (Lipinski definition) is 15. The number of aromatic nitrogens is 6. The Bertz CT molecular complexity index is 3130. The highest BCUT2D eigenvalue weighted by Gasteiger charge is 2.19. The van der Waals surface area contributed by atoms with Gasteiger partial charge >= 0.3 is 17.9 Å². The van der Waals surface area contributed by atoms with Crippen LogP contribution in [0, 0.1) is 0 Å². The first-order valence-corrected chi connectivity index (χ1v) is 22.2. The molecule has 3 N–H and O–H groups in total. The van der Waals surface area contributed by atoms with Crippen molar-refractivity contribution in [2.24, 2.45) is 0 Å². The van der Waals surface area contributed by atoms with Gasteiger partial charge in [-0.05, 0) is 123 Å². The second-order valence-corrected chi connectivity index (χ2v) is 16.5. The maximum atomic E-state index is 11.0. The lowest BCUT2D eigenvalue weighted by Crippen LogP contribution is -2.37. The molecule has 12 rings (SSSR count). The molecule has 0 atom stereocenters. The molecule has 9 heterocycles. The molecule has 3 aliphatic rings. The number of rotatable bonds is 9. The van der Waals surface area contributed by atoms with E-state index in [0.717, 1.165) is 73.4 Å². The smallest absolute Gasteiger partial charge is 0.335 e. The molecule has 0 radical (unpaired) electrons. The lowest BCUT2D eigenvalue weighted by Gasteiger charge is -2.31. The molecule has 0 spiro atoms. The maximum Gasteiger partial charge on any atom is 0.335 e. The highest BCUT2D eigenvalue weighted by molar-refractivity contribution is 5.94. The minimum absolute atomic E-state index is 0.182. The second kappa shape index (κ2) is 18.7. The molecule has 18 heteroatoms. The van der Waals surface area contributed by atoms with E-state index in [2.05, 4.69) is 44.6 Å². The Morgan fingerprint density at radius 3 is 1.13 bits per heavy atom. The van der Waals surface area contributed by atoms with Crippen LogP contribution in [0.1, 0.15) is 63.2 Å². The Morgan fingerprint density at radius 1 is 0.397 bits per heavy atom. The van der Waals surface area contributed by atoms with Gasteiger partial charge in [0, 0.05) is 57.9 Å². The fourth-order valence-corrected chi connectivity index (χ4v) is 7.86. The molecular weight excluding hydrogens is 871 g/mol. The number of anilines is 3. The normalized spacial score (nSPS) is 14.4. The summed E-state index contributed by atoms with van der Waals surface area (Å²) in [5.74, 6) is 1.28. The highest BCUT2D eigenvalue weighted by Crippen LogP contribution is 2.30. The molecule has 6 aromatic heterocycles. The minimum Gasteiger partial charge on any atom is -0.478 e. The number of carboxylic acid groups (broad SMARTS) is 3. The van der Waals surface area contributed by atoms with Gasteiger partial charge in [-0.3, -0.25) is 0 Å². The first-order chi connectivity index (χ1) is 33.1. The molecule has 0 bridgehead atoms. The third kappa shape index (κ3) is 9.24. The van der Waals surface area contributed by atoms with Crippen LogP contribution in [-0.4, -0.2) is 102 Å². The standard InChI is InChI=1S/C18H17N3O3.2C16H13N3O3/c22-18(23)12-4-6-14-15(10-12)24-17(20-14)13-5-7-16(19-11-13)21-8-2-1-3-9-21;20-16(21)10-2-4-13-12(8-10)18-15(22-13)11-3-5-14(17-9-11)19-6-1-7-19;20-16(21)10-2-4-12-13(8-10)22-15(18-12)11-3-5-14(17-9-11)19-6-1-7-19/h4-7,10-11H,1-3,8-9H2,(H,22,23);2*2-5,8-9H,1,6-7H2,(H,20,21). The van der Waals surface area contributed by atoms with Crippen molar-refractivity contribution in [2.75, 3.05) is 54.0 Å². The first kappa shape index (κ1) is 43.2. The van der Waals surface area contributed by atoms with Crippen molar-refractivity contribution >= 4 is 68.7 Å². The number of aromatic carboxylic acids is 3. The van der Waals surface area contributed by atoms with Crippen molar-refractivity contribution in [3.05, 3.63) is 126 Å². The van der Waals surface area contributed by atoms with E-state index in [-0.39, 0.29) is 16.7 Å². The lowest BCUT2D eigenvalue weighted by molar-refractivity contribution is 0.0686. The van der Waals surface area contributed by atoms with Gasteiger partial charge in [0.25, 0.3) is 0 Å². The van der Waals surface area contributed by atoms with E-state index >= 15 is 0 Å². The quantitative estimate of drug-likeness (QED) is 0.122. The van der Waals surface area contributed by atoms with Crippen molar-refractivity contribution in [1.82, 2.24) is 29.9 Å². The summed E-state index contributed by atoms with van der Waals surface area (Å²) in [6, 6.07) is 25.6. The van der Waals surface area contributed by atoms with Gasteiger partial charge in [0.1, 0.15) is 34.0 Å². The molecule has 68 heavy (non-hydrogen) atoms. The van der Waals surface area contributed by atoms with Crippen LogP contribution in [0.3, 0.4) is 0 Å². The van der Waals surface area contributed by atoms with Crippen LogP contribution in [0.15, 0.2) is 123 Å². The van der Waals surface area contributed by atoms with Gasteiger partial charge in [-0.1, -0.05) is 0 Å². The summed E-state index contributed by atoms with van der Waals surface area (Å²) in [5, 5.41) is 27.1. The number of oxazole rings is 3. The molecule has 3 aliphatic heterocycles. The molecule has 0 amide bonds. The molecule has 342 valence electrons. The van der Waals surface area contributed by atoms with Gasteiger partial charge in [0.2, 0.25) is 17.7 Å². The third-order valence-electron chi connectivity index (χ3n) is 11.9. The Labute approximate surface area is 387 Å². The van der Waals surface area contributed by atoms with Gasteiger partial charge in [-0.2, -0.15) is 0 Å². The summed E-state index contributed by atoms with van der Waals surface area (Å²) < 4.78 is 17.0. The van der Waals surface area contributed by atoms with Gasteiger partial charge in [-0.15, -0.1) is 0 Å². The van der Waals surface area contributed by atoms with E-state index in [1.165, 1.54) is 68.5 Å². The number of fused-ring (bicyclic) bond motifs is 3. The summed E-state index contributed by atoms with van der Waals surface area (Å²) in [4.78, 5) is 66.2. The molecular formula is C50H43N9O9. The summed E-state index contributed by atoms with van der Waals surface area (Å²) >= 11 is 0. The van der Waals surface area contributed by atoms with Crippen LogP contribution < -0.4 is 14.7 Å². The Hall–Kier alpha value is -8.67. The molecule has 3 saturated heterocycles. The van der Waals surface area contributed by atoms with Crippen molar-refractivity contribution in [2.45, 2.75) is 32.1 Å². The van der Waals surface area contributed by atoms with E-state index in [1.54, 1.807) is 36.8 Å². The molecule has 0 aliphatic carbocycles. The van der Waals surface area contributed by atoms with Crippen molar-refractivity contribution in [3.8, 4) is 34.4 Å². The van der Waals surface area contributed by atoms with E-state index in [4.69, 9.17) is 28.6 Å². The highest BCUT2D eigenvalue weighted by atomic mass is 16.4. The predicted molar refractivity (Wildman–Crippen MR) is 252 cm³/mol. The topological polar surface area (TPSA) is 238 Å². The number of nitrogens with zero attached hydrogens (tertiary/aromatic N) is 9. The van der Waals surface area contributed by atoms with E-state index < -0.39 is 17.9 Å². The number of carbonyl (C=O) groups is 3. The molecule has 3 aromatic carbocycles. The summed E-state index contributed by atoms with van der Waals surface area (Å²) in [6.07, 6.45) is 11.3. The van der Waals surface area contributed by atoms with E-state index in [1.807, 2.05) is 36.4 Å². The molecule has 3 fully saturated rings. The molecule has 0 unspecified atom stereocenters. The molecule has 9 aromatic rings. The summed E-state index contributed by atoms with van der Waals surface area (Å²) in [6.45, 7) is 6.29. The zero-order valence-electron chi connectivity index (χ0n) is 36.5. The van der Waals surface area contributed by atoms with Crippen LogP contribution in [0.5, 0.6) is 0 Å². The largest absolute Gasteiger partial charge is 0.478 e. The number of carboxylic acids is 3. The Morgan fingerprint density at radius 2 is 0.765 bits per heavy atom. The minimum atomic E-state index is -0.986. The number of hydrogen-bond donors (Lipinski definition) is 3. The van der Waals surface area contributed by atoms with Crippen LogP contribution in [-0.2, 0) is 0 Å². The molecule has 18 nitrogen and oxygen atoms in total. The van der Waals surface area contributed by atoms with Gasteiger partial charge in [0.15, 0.2) is 16.7 Å². The Kier molecular flexibility index (Phi) is 11.9.